The maximum Gasteiger partial charge on any atom is 0.341 e. The summed E-state index contributed by atoms with van der Waals surface area (Å²) >= 11 is 11.0. The Balaban J connectivity index is 3.43. The molecular formula is C7H4Cl2O3. The molecule has 0 fully saturated rings. The second kappa shape index (κ2) is 3.21. The highest BCUT2D eigenvalue weighted by Crippen LogP contribution is 2.32. The molecule has 0 atom stereocenters. The van der Waals surface area contributed by atoms with Crippen molar-refractivity contribution in [3.05, 3.63) is 27.7 Å². The van der Waals surface area contributed by atoms with Gasteiger partial charge in [-0.25, -0.2) is 4.79 Å². The summed E-state index contributed by atoms with van der Waals surface area (Å²) in [6, 6.07) is 2.64. The molecule has 0 bridgehead atoms. The Bertz CT molecular complexity index is 336. The van der Waals surface area contributed by atoms with Crippen LogP contribution >= 0.6 is 23.2 Å². The lowest BCUT2D eigenvalue weighted by Gasteiger charge is -2.02. The Hall–Kier alpha value is -0.930. The number of hydrogen-bond acceptors (Lipinski definition) is 2. The van der Waals surface area contributed by atoms with Gasteiger partial charge in [-0.2, -0.15) is 0 Å². The minimum Gasteiger partial charge on any atom is -0.505 e. The number of benzene rings is 1. The second-order valence-corrected chi connectivity index (χ2v) is 2.87. The van der Waals surface area contributed by atoms with Gasteiger partial charge in [0.2, 0.25) is 0 Å². The summed E-state index contributed by atoms with van der Waals surface area (Å²) in [7, 11) is 0. The largest absolute Gasteiger partial charge is 0.505 e. The standard InChI is InChI=1S/C7H4Cl2O3/c8-3-1-2-4(9)6(10)5(3)7(11)12/h1-2,10H,(H,11,12). The molecule has 0 amide bonds. The third kappa shape index (κ3) is 1.47. The van der Waals surface area contributed by atoms with Gasteiger partial charge in [-0.1, -0.05) is 23.2 Å². The average molecular weight is 207 g/mol. The van der Waals surface area contributed by atoms with Crippen LogP contribution < -0.4 is 0 Å². The molecule has 0 aliphatic heterocycles. The van der Waals surface area contributed by atoms with Crippen molar-refractivity contribution < 1.29 is 15.0 Å². The van der Waals surface area contributed by atoms with E-state index in [-0.39, 0.29) is 15.6 Å². The fourth-order valence-electron chi connectivity index (χ4n) is 0.745. The van der Waals surface area contributed by atoms with Gasteiger partial charge >= 0.3 is 5.97 Å². The van der Waals surface area contributed by atoms with Gasteiger partial charge in [0.25, 0.3) is 0 Å². The predicted molar refractivity (Wildman–Crippen MR) is 45.1 cm³/mol. The first-order chi connectivity index (χ1) is 5.54. The van der Waals surface area contributed by atoms with E-state index in [1.54, 1.807) is 0 Å². The summed E-state index contributed by atoms with van der Waals surface area (Å²) in [5, 5.41) is 17.7. The molecule has 0 heterocycles. The van der Waals surface area contributed by atoms with Crippen molar-refractivity contribution in [3.8, 4) is 5.75 Å². The molecule has 0 radical (unpaired) electrons. The van der Waals surface area contributed by atoms with Crippen LogP contribution in [0, 0.1) is 0 Å². The Labute approximate surface area is 78.2 Å². The molecule has 1 rings (SSSR count). The number of aromatic hydroxyl groups is 1. The van der Waals surface area contributed by atoms with E-state index in [1.807, 2.05) is 0 Å². The average Bonchev–Trinajstić information content (AvgIpc) is 1.97. The van der Waals surface area contributed by atoms with Crippen molar-refractivity contribution >= 4 is 29.2 Å². The van der Waals surface area contributed by atoms with E-state index < -0.39 is 11.7 Å². The van der Waals surface area contributed by atoms with Gasteiger partial charge in [-0.15, -0.1) is 0 Å². The monoisotopic (exact) mass is 206 g/mol. The van der Waals surface area contributed by atoms with E-state index in [0.29, 0.717) is 0 Å². The molecule has 0 aliphatic carbocycles. The molecule has 0 saturated heterocycles. The molecule has 2 N–H and O–H groups in total. The van der Waals surface area contributed by atoms with Gasteiger partial charge in [0.05, 0.1) is 10.0 Å². The van der Waals surface area contributed by atoms with Gasteiger partial charge in [0.15, 0.2) is 0 Å². The smallest absolute Gasteiger partial charge is 0.341 e. The third-order valence-corrected chi connectivity index (χ3v) is 1.91. The molecule has 0 unspecified atom stereocenters. The van der Waals surface area contributed by atoms with E-state index in [9.17, 15) is 4.79 Å². The van der Waals surface area contributed by atoms with Crippen molar-refractivity contribution in [1.29, 1.82) is 0 Å². The van der Waals surface area contributed by atoms with Gasteiger partial charge in [-0.05, 0) is 12.1 Å². The van der Waals surface area contributed by atoms with Gasteiger partial charge < -0.3 is 10.2 Å². The predicted octanol–water partition coefficient (Wildman–Crippen LogP) is 2.40. The molecule has 5 heteroatoms. The van der Waals surface area contributed by atoms with Crippen LogP contribution in [0.2, 0.25) is 10.0 Å². The van der Waals surface area contributed by atoms with E-state index >= 15 is 0 Å². The number of carbonyl (C=O) groups is 1. The van der Waals surface area contributed by atoms with Gasteiger partial charge in [-0.3, -0.25) is 0 Å². The highest BCUT2D eigenvalue weighted by molar-refractivity contribution is 6.36. The van der Waals surface area contributed by atoms with Crippen molar-refractivity contribution in [2.24, 2.45) is 0 Å². The van der Waals surface area contributed by atoms with E-state index in [2.05, 4.69) is 0 Å². The lowest BCUT2D eigenvalue weighted by Crippen LogP contribution is -1.97. The summed E-state index contributed by atoms with van der Waals surface area (Å²) in [6.07, 6.45) is 0. The zero-order valence-electron chi connectivity index (χ0n) is 5.71. The number of carboxylic acid groups (broad SMARTS) is 1. The fraction of sp³-hybridized carbons (Fsp3) is 0. The summed E-state index contributed by atoms with van der Waals surface area (Å²) in [4.78, 5) is 10.5. The molecule has 0 spiro atoms. The van der Waals surface area contributed by atoms with Crippen LogP contribution in [0.25, 0.3) is 0 Å². The summed E-state index contributed by atoms with van der Waals surface area (Å²) in [5.41, 5.74) is -0.371. The quantitative estimate of drug-likeness (QED) is 0.743. The molecule has 64 valence electrons. The number of phenols is 1. The van der Waals surface area contributed by atoms with Crippen LogP contribution in [0.15, 0.2) is 12.1 Å². The summed E-state index contributed by atoms with van der Waals surface area (Å²) < 4.78 is 0. The number of rotatable bonds is 1. The highest BCUT2D eigenvalue weighted by Gasteiger charge is 2.16. The molecule has 0 saturated carbocycles. The number of halogens is 2. The first-order valence-electron chi connectivity index (χ1n) is 2.94. The van der Waals surface area contributed by atoms with Gasteiger partial charge in [0.1, 0.15) is 11.3 Å². The highest BCUT2D eigenvalue weighted by atomic mass is 35.5. The van der Waals surface area contributed by atoms with E-state index in [1.165, 1.54) is 12.1 Å². The Morgan fingerprint density at radius 1 is 1.25 bits per heavy atom. The maximum absolute atomic E-state index is 10.5. The Morgan fingerprint density at radius 2 is 1.75 bits per heavy atom. The molecule has 0 aliphatic rings. The first-order valence-corrected chi connectivity index (χ1v) is 3.70. The minimum absolute atomic E-state index is 0.0307. The van der Waals surface area contributed by atoms with Crippen molar-refractivity contribution in [2.75, 3.05) is 0 Å². The van der Waals surface area contributed by atoms with Crippen LogP contribution in [-0.2, 0) is 0 Å². The molecule has 1 aromatic rings. The second-order valence-electron chi connectivity index (χ2n) is 2.06. The zero-order chi connectivity index (χ0) is 9.30. The van der Waals surface area contributed by atoms with Crippen LogP contribution in [0.4, 0.5) is 0 Å². The van der Waals surface area contributed by atoms with Crippen LogP contribution in [-0.4, -0.2) is 16.2 Å². The topological polar surface area (TPSA) is 57.5 Å². The summed E-state index contributed by atoms with van der Waals surface area (Å²) in [6.45, 7) is 0. The molecular weight excluding hydrogens is 203 g/mol. The van der Waals surface area contributed by atoms with Crippen LogP contribution in [0.3, 0.4) is 0 Å². The van der Waals surface area contributed by atoms with Crippen molar-refractivity contribution in [1.82, 2.24) is 0 Å². The fourth-order valence-corrected chi connectivity index (χ4v) is 1.14. The maximum atomic E-state index is 10.5. The summed E-state index contributed by atoms with van der Waals surface area (Å²) in [5.74, 6) is -1.81. The van der Waals surface area contributed by atoms with Gasteiger partial charge in [0, 0.05) is 0 Å². The van der Waals surface area contributed by atoms with Crippen molar-refractivity contribution in [3.63, 3.8) is 0 Å². The Morgan fingerprint density at radius 3 is 2.17 bits per heavy atom. The number of hydrogen-bond donors (Lipinski definition) is 2. The third-order valence-electron chi connectivity index (χ3n) is 1.29. The van der Waals surface area contributed by atoms with E-state index in [4.69, 9.17) is 33.4 Å². The molecule has 0 aromatic heterocycles. The molecule has 1 aromatic carbocycles. The molecule has 12 heavy (non-hydrogen) atoms. The number of aromatic carboxylic acids is 1. The normalized spacial score (nSPS) is 9.83. The van der Waals surface area contributed by atoms with Crippen LogP contribution in [0.1, 0.15) is 10.4 Å². The van der Waals surface area contributed by atoms with E-state index in [0.717, 1.165) is 0 Å². The molecule has 3 nitrogen and oxygen atoms in total. The van der Waals surface area contributed by atoms with Crippen molar-refractivity contribution in [2.45, 2.75) is 0 Å². The Kier molecular flexibility index (Phi) is 2.45. The lowest BCUT2D eigenvalue weighted by atomic mass is 10.2. The zero-order valence-corrected chi connectivity index (χ0v) is 7.23. The van der Waals surface area contributed by atoms with Crippen LogP contribution in [0.5, 0.6) is 5.75 Å². The first kappa shape index (κ1) is 9.16. The SMILES string of the molecule is O=C(O)c1c(Cl)ccc(Cl)c1O. The lowest BCUT2D eigenvalue weighted by molar-refractivity contribution is 0.0694. The minimum atomic E-state index is -1.31. The number of carboxylic acids is 1.